The number of benzene rings is 2. The maximum absolute atomic E-state index is 5.46. The molecule has 0 unspecified atom stereocenters. The van der Waals surface area contributed by atoms with Gasteiger partial charge in [-0.2, -0.15) is 0 Å². The second-order valence-corrected chi connectivity index (χ2v) is 4.23. The monoisotopic (exact) mass is 250 g/mol. The summed E-state index contributed by atoms with van der Waals surface area (Å²) in [6.07, 6.45) is 1.73. The zero-order chi connectivity index (χ0) is 13.1. The van der Waals surface area contributed by atoms with Gasteiger partial charge < -0.3 is 9.72 Å². The number of nitrogens with zero attached hydrogens (tertiary/aromatic N) is 1. The molecule has 94 valence electrons. The van der Waals surface area contributed by atoms with E-state index < -0.39 is 0 Å². The predicted molar refractivity (Wildman–Crippen MR) is 77.2 cm³/mol. The molecule has 0 aliphatic heterocycles. The predicted octanol–water partition coefficient (Wildman–Crippen LogP) is 3.79. The summed E-state index contributed by atoms with van der Waals surface area (Å²) >= 11 is 0. The summed E-state index contributed by atoms with van der Waals surface area (Å²) < 4.78 is 5.46. The number of aromatic amines is 1. The second kappa shape index (κ2) is 4.98. The van der Waals surface area contributed by atoms with Crippen LogP contribution in [-0.4, -0.2) is 16.6 Å². The van der Waals surface area contributed by atoms with Gasteiger partial charge in [-0.25, -0.2) is 4.98 Å². The minimum Gasteiger partial charge on any atom is -0.490 e. The number of hydrogen-bond donors (Lipinski definition) is 1. The summed E-state index contributed by atoms with van der Waals surface area (Å²) in [6.45, 7) is 4.14. The first-order chi connectivity index (χ1) is 9.36. The largest absolute Gasteiger partial charge is 0.490 e. The van der Waals surface area contributed by atoms with Crippen molar-refractivity contribution in [3.05, 3.63) is 61.2 Å². The van der Waals surface area contributed by atoms with E-state index in [1.807, 2.05) is 48.5 Å². The number of nitrogens with one attached hydrogen (secondary N) is 1. The number of imidazole rings is 1. The maximum Gasteiger partial charge on any atom is 0.138 e. The van der Waals surface area contributed by atoms with E-state index in [-0.39, 0.29) is 0 Å². The lowest BCUT2D eigenvalue weighted by Gasteiger charge is -2.03. The van der Waals surface area contributed by atoms with Gasteiger partial charge in [0.1, 0.15) is 18.2 Å². The van der Waals surface area contributed by atoms with Crippen LogP contribution in [0.25, 0.3) is 22.4 Å². The van der Waals surface area contributed by atoms with E-state index in [1.54, 1.807) is 6.08 Å². The molecule has 1 N–H and O–H groups in total. The van der Waals surface area contributed by atoms with E-state index >= 15 is 0 Å². The summed E-state index contributed by atoms with van der Waals surface area (Å²) in [5.41, 5.74) is 3.07. The average Bonchev–Trinajstić information content (AvgIpc) is 2.89. The van der Waals surface area contributed by atoms with Crippen molar-refractivity contribution in [2.75, 3.05) is 6.61 Å². The van der Waals surface area contributed by atoms with Crippen LogP contribution in [0.1, 0.15) is 0 Å². The van der Waals surface area contributed by atoms with Crippen LogP contribution in [0.15, 0.2) is 61.2 Å². The molecule has 0 aliphatic rings. The van der Waals surface area contributed by atoms with Crippen molar-refractivity contribution in [2.45, 2.75) is 0 Å². The standard InChI is InChI=1S/C16H14N2O/c1-2-11-19-13-9-7-12(8-10-13)16-17-14-5-3-4-6-15(14)18-16/h2-10H,1,11H2,(H,17,18). The number of hydrogen-bond acceptors (Lipinski definition) is 2. The van der Waals surface area contributed by atoms with Crippen LogP contribution in [0.2, 0.25) is 0 Å². The molecular formula is C16H14N2O. The number of H-pyrrole nitrogens is 1. The van der Waals surface area contributed by atoms with Crippen molar-refractivity contribution in [1.82, 2.24) is 9.97 Å². The van der Waals surface area contributed by atoms with Crippen molar-refractivity contribution in [1.29, 1.82) is 0 Å². The summed E-state index contributed by atoms with van der Waals surface area (Å²) in [5.74, 6) is 1.70. The van der Waals surface area contributed by atoms with Crippen LogP contribution in [0.3, 0.4) is 0 Å². The lowest BCUT2D eigenvalue weighted by Crippen LogP contribution is -1.92. The van der Waals surface area contributed by atoms with Crippen LogP contribution in [-0.2, 0) is 0 Å². The van der Waals surface area contributed by atoms with E-state index in [9.17, 15) is 0 Å². The molecule has 0 aliphatic carbocycles. The summed E-state index contributed by atoms with van der Waals surface area (Å²) in [7, 11) is 0. The van der Waals surface area contributed by atoms with Crippen molar-refractivity contribution in [3.63, 3.8) is 0 Å². The van der Waals surface area contributed by atoms with Gasteiger partial charge >= 0.3 is 0 Å². The first-order valence-electron chi connectivity index (χ1n) is 6.16. The SMILES string of the molecule is C=CCOc1ccc(-c2nc3ccccc3[nH]2)cc1. The van der Waals surface area contributed by atoms with Gasteiger partial charge in [-0.15, -0.1) is 0 Å². The highest BCUT2D eigenvalue weighted by molar-refractivity contribution is 5.79. The van der Waals surface area contributed by atoms with E-state index in [4.69, 9.17) is 4.74 Å². The van der Waals surface area contributed by atoms with Gasteiger partial charge in [0.05, 0.1) is 11.0 Å². The summed E-state index contributed by atoms with van der Waals surface area (Å²) in [4.78, 5) is 7.87. The zero-order valence-electron chi connectivity index (χ0n) is 10.5. The number of rotatable bonds is 4. The molecule has 0 spiro atoms. The minimum absolute atomic E-state index is 0.518. The van der Waals surface area contributed by atoms with Gasteiger partial charge in [0.2, 0.25) is 0 Å². The highest BCUT2D eigenvalue weighted by Crippen LogP contribution is 2.22. The molecule has 3 nitrogen and oxygen atoms in total. The highest BCUT2D eigenvalue weighted by atomic mass is 16.5. The normalized spacial score (nSPS) is 10.5. The number of ether oxygens (including phenoxy) is 1. The van der Waals surface area contributed by atoms with Crippen LogP contribution in [0.5, 0.6) is 5.75 Å². The van der Waals surface area contributed by atoms with Gasteiger partial charge in [-0.1, -0.05) is 24.8 Å². The lowest BCUT2D eigenvalue weighted by molar-refractivity contribution is 0.363. The molecule has 3 aromatic rings. The average molecular weight is 250 g/mol. The third-order valence-corrected chi connectivity index (χ3v) is 2.88. The van der Waals surface area contributed by atoms with Crippen LogP contribution in [0.4, 0.5) is 0 Å². The van der Waals surface area contributed by atoms with Crippen LogP contribution >= 0.6 is 0 Å². The van der Waals surface area contributed by atoms with Crippen molar-refractivity contribution in [2.24, 2.45) is 0 Å². The highest BCUT2D eigenvalue weighted by Gasteiger charge is 2.04. The third-order valence-electron chi connectivity index (χ3n) is 2.88. The second-order valence-electron chi connectivity index (χ2n) is 4.23. The van der Waals surface area contributed by atoms with Gasteiger partial charge in [0.15, 0.2) is 0 Å². The molecule has 19 heavy (non-hydrogen) atoms. The molecule has 2 aromatic carbocycles. The van der Waals surface area contributed by atoms with Crippen LogP contribution in [0, 0.1) is 0 Å². The molecule has 0 radical (unpaired) electrons. The van der Waals surface area contributed by atoms with E-state index in [0.29, 0.717) is 6.61 Å². The summed E-state index contributed by atoms with van der Waals surface area (Å²) in [6, 6.07) is 15.9. The van der Waals surface area contributed by atoms with Crippen molar-refractivity contribution in [3.8, 4) is 17.1 Å². The smallest absolute Gasteiger partial charge is 0.138 e. The fourth-order valence-corrected chi connectivity index (χ4v) is 1.95. The quantitative estimate of drug-likeness (QED) is 0.715. The number of aromatic nitrogens is 2. The molecule has 1 heterocycles. The Morgan fingerprint density at radius 1 is 1.11 bits per heavy atom. The van der Waals surface area contributed by atoms with Gasteiger partial charge in [-0.05, 0) is 36.4 Å². The molecule has 3 rings (SSSR count). The molecule has 1 aromatic heterocycles. The van der Waals surface area contributed by atoms with Gasteiger partial charge in [-0.3, -0.25) is 0 Å². The molecule has 0 fully saturated rings. The minimum atomic E-state index is 0.518. The first-order valence-corrected chi connectivity index (χ1v) is 6.16. The van der Waals surface area contributed by atoms with Crippen molar-refractivity contribution >= 4 is 11.0 Å². The zero-order valence-corrected chi connectivity index (χ0v) is 10.5. The molecular weight excluding hydrogens is 236 g/mol. The third kappa shape index (κ3) is 2.36. The van der Waals surface area contributed by atoms with Crippen molar-refractivity contribution < 1.29 is 4.74 Å². The number of para-hydroxylation sites is 2. The summed E-state index contributed by atoms with van der Waals surface area (Å²) in [5, 5.41) is 0. The van der Waals surface area contributed by atoms with Gasteiger partial charge in [0.25, 0.3) is 0 Å². The molecule has 0 bridgehead atoms. The molecule has 0 saturated carbocycles. The molecule has 0 amide bonds. The van der Waals surface area contributed by atoms with Crippen LogP contribution < -0.4 is 4.74 Å². The van der Waals surface area contributed by atoms with E-state index in [1.165, 1.54) is 0 Å². The Morgan fingerprint density at radius 3 is 2.63 bits per heavy atom. The Bertz CT molecular complexity index is 665. The fraction of sp³-hybridized carbons (Fsp3) is 0.0625. The Kier molecular flexibility index (Phi) is 3.02. The fourth-order valence-electron chi connectivity index (χ4n) is 1.95. The number of fused-ring (bicyclic) bond motifs is 1. The lowest BCUT2D eigenvalue weighted by atomic mass is 10.2. The maximum atomic E-state index is 5.46. The first kappa shape index (κ1) is 11.5. The van der Waals surface area contributed by atoms with Gasteiger partial charge in [0, 0.05) is 5.56 Å². The Labute approximate surface area is 111 Å². The van der Waals surface area contributed by atoms with E-state index in [0.717, 1.165) is 28.2 Å². The molecule has 0 saturated heterocycles. The molecule has 0 atom stereocenters. The molecule has 3 heteroatoms. The van der Waals surface area contributed by atoms with E-state index in [2.05, 4.69) is 16.5 Å². The Balaban J connectivity index is 1.90. The Morgan fingerprint density at radius 2 is 1.89 bits per heavy atom. The Hall–Kier alpha value is -2.55. The topological polar surface area (TPSA) is 37.9 Å².